The van der Waals surface area contributed by atoms with E-state index in [0.29, 0.717) is 0 Å². The Morgan fingerprint density at radius 3 is 1.59 bits per heavy atom. The van der Waals surface area contributed by atoms with E-state index in [2.05, 4.69) is 126 Å². The van der Waals surface area contributed by atoms with Crippen molar-refractivity contribution in [3.8, 4) is 33.4 Å². The van der Waals surface area contributed by atoms with Crippen LogP contribution in [0, 0.1) is 6.07 Å². The van der Waals surface area contributed by atoms with Crippen LogP contribution in [0.4, 0.5) is 0 Å². The molecule has 5 aromatic carbocycles. The normalized spacial score (nSPS) is 11.5. The van der Waals surface area contributed by atoms with Gasteiger partial charge in [-0.3, -0.25) is 0 Å². The molecular formula is C38H38Cl2Zr. The Morgan fingerprint density at radius 2 is 1.10 bits per heavy atom. The SMILES string of the molecule is CC(C)(C)c1cc2c([c-]c1-c1ccccc1)Cc1cc(-c3ccccc3)c(C(C)(C)C)cc1-2.[Cl-].[Cl-].[Zr+4].c1cc[cH-]c1. The maximum absolute atomic E-state index is 3.88. The molecule has 0 aromatic heterocycles. The average Bonchev–Trinajstić information content (AvgIpc) is 3.59. The molecule has 1 aliphatic rings. The Balaban J connectivity index is 0.000000667. The van der Waals surface area contributed by atoms with E-state index in [1.807, 2.05) is 30.3 Å². The molecule has 0 bridgehead atoms. The van der Waals surface area contributed by atoms with Crippen LogP contribution < -0.4 is 24.8 Å². The molecule has 0 heterocycles. The molecule has 0 aliphatic heterocycles. The first-order chi connectivity index (χ1) is 18.1. The molecule has 0 saturated heterocycles. The molecule has 0 radical (unpaired) electrons. The van der Waals surface area contributed by atoms with Crippen molar-refractivity contribution in [2.24, 2.45) is 0 Å². The van der Waals surface area contributed by atoms with Crippen LogP contribution >= 0.6 is 0 Å². The molecule has 3 heteroatoms. The maximum Gasteiger partial charge on any atom is 4.00 e. The summed E-state index contributed by atoms with van der Waals surface area (Å²) in [5.41, 5.74) is 13.5. The predicted molar refractivity (Wildman–Crippen MR) is 164 cm³/mol. The summed E-state index contributed by atoms with van der Waals surface area (Å²) in [4.78, 5) is 0. The summed E-state index contributed by atoms with van der Waals surface area (Å²) in [7, 11) is 0. The van der Waals surface area contributed by atoms with Gasteiger partial charge in [0.2, 0.25) is 0 Å². The molecule has 41 heavy (non-hydrogen) atoms. The fourth-order valence-electron chi connectivity index (χ4n) is 5.42. The molecule has 0 N–H and O–H groups in total. The van der Waals surface area contributed by atoms with Gasteiger partial charge >= 0.3 is 26.2 Å². The number of hydrogen-bond donors (Lipinski definition) is 0. The maximum atomic E-state index is 3.88. The number of rotatable bonds is 2. The summed E-state index contributed by atoms with van der Waals surface area (Å²) in [6.07, 6.45) is 0.944. The second kappa shape index (κ2) is 14.2. The van der Waals surface area contributed by atoms with E-state index in [0.717, 1.165) is 6.42 Å². The van der Waals surface area contributed by atoms with Crippen LogP contribution in [0.1, 0.15) is 63.8 Å². The molecule has 208 valence electrons. The fraction of sp³-hybridized carbons (Fsp3) is 0.237. The van der Waals surface area contributed by atoms with Gasteiger partial charge in [-0.25, -0.2) is 12.1 Å². The van der Waals surface area contributed by atoms with Gasteiger partial charge in [0, 0.05) is 0 Å². The smallest absolute Gasteiger partial charge is 1.00 e. The van der Waals surface area contributed by atoms with Crippen LogP contribution in [-0.2, 0) is 43.5 Å². The molecule has 0 amide bonds. The van der Waals surface area contributed by atoms with E-state index >= 15 is 0 Å². The van der Waals surface area contributed by atoms with E-state index < -0.39 is 0 Å². The Labute approximate surface area is 278 Å². The third-order valence-electron chi connectivity index (χ3n) is 7.38. The zero-order valence-electron chi connectivity index (χ0n) is 24.9. The quantitative estimate of drug-likeness (QED) is 0.243. The second-order valence-electron chi connectivity index (χ2n) is 12.4. The van der Waals surface area contributed by atoms with Crippen LogP contribution in [0.5, 0.6) is 0 Å². The summed E-state index contributed by atoms with van der Waals surface area (Å²) in [5, 5.41) is 0. The van der Waals surface area contributed by atoms with Crippen molar-refractivity contribution in [2.45, 2.75) is 58.8 Å². The van der Waals surface area contributed by atoms with Gasteiger partial charge in [0.25, 0.3) is 0 Å². The third kappa shape index (κ3) is 7.75. The Bertz CT molecular complexity index is 1400. The molecule has 1 aliphatic carbocycles. The number of fused-ring (bicyclic) bond motifs is 3. The largest absolute Gasteiger partial charge is 4.00 e. The van der Waals surface area contributed by atoms with Gasteiger partial charge in [0.05, 0.1) is 0 Å². The van der Waals surface area contributed by atoms with Crippen LogP contribution in [0.2, 0.25) is 0 Å². The zero-order chi connectivity index (χ0) is 26.9. The van der Waals surface area contributed by atoms with Gasteiger partial charge in [-0.1, -0.05) is 131 Å². The molecule has 0 spiro atoms. The third-order valence-corrected chi connectivity index (χ3v) is 7.38. The van der Waals surface area contributed by atoms with Crippen LogP contribution in [0.15, 0.2) is 109 Å². The van der Waals surface area contributed by atoms with Gasteiger partial charge in [-0.2, -0.15) is 18.2 Å². The first kappa shape index (κ1) is 34.9. The number of hydrogen-bond acceptors (Lipinski definition) is 0. The van der Waals surface area contributed by atoms with Crippen LogP contribution in [0.3, 0.4) is 0 Å². The van der Waals surface area contributed by atoms with Crippen molar-refractivity contribution in [2.75, 3.05) is 0 Å². The molecule has 0 nitrogen and oxygen atoms in total. The standard InChI is InChI=1S/C33H33.C5H5.2ClH.Zr/c1-32(2,3)30-20-26-24(18-28(30)22-13-9-7-10-14-22)17-25-19-29(23-15-11-8-12-16-23)31(21-27(25)26)33(4,5)6;1-2-4-5-3-1;;;/h7-16,18,20-21H,17H2,1-6H3;1-5H;2*1H;/q2*-1;;;+4/p-2. The van der Waals surface area contributed by atoms with Crippen LogP contribution in [0.25, 0.3) is 33.4 Å². The first-order valence-corrected chi connectivity index (χ1v) is 13.7. The minimum absolute atomic E-state index is 0. The van der Waals surface area contributed by atoms with Gasteiger partial charge in [-0.15, -0.1) is 28.8 Å². The van der Waals surface area contributed by atoms with E-state index in [4.69, 9.17) is 0 Å². The van der Waals surface area contributed by atoms with Crippen molar-refractivity contribution in [3.63, 3.8) is 0 Å². The molecule has 6 rings (SSSR count). The molecule has 5 aromatic rings. The first-order valence-electron chi connectivity index (χ1n) is 13.7. The summed E-state index contributed by atoms with van der Waals surface area (Å²) in [6, 6.07) is 42.8. The van der Waals surface area contributed by atoms with Crippen molar-refractivity contribution < 1.29 is 51.0 Å². The van der Waals surface area contributed by atoms with Gasteiger partial charge in [-0.05, 0) is 39.5 Å². The van der Waals surface area contributed by atoms with Crippen molar-refractivity contribution in [1.82, 2.24) is 0 Å². The average molecular weight is 657 g/mol. The summed E-state index contributed by atoms with van der Waals surface area (Å²) in [5.74, 6) is 0. The van der Waals surface area contributed by atoms with Crippen molar-refractivity contribution in [3.05, 3.63) is 138 Å². The summed E-state index contributed by atoms with van der Waals surface area (Å²) >= 11 is 0. The topological polar surface area (TPSA) is 0 Å². The molecule has 0 unspecified atom stereocenters. The molecule has 0 saturated carbocycles. The molecule has 0 atom stereocenters. The Kier molecular flexibility index (Phi) is 12.1. The van der Waals surface area contributed by atoms with Crippen molar-refractivity contribution in [1.29, 1.82) is 0 Å². The molecule has 0 fully saturated rings. The summed E-state index contributed by atoms with van der Waals surface area (Å²) < 4.78 is 0. The van der Waals surface area contributed by atoms with Crippen LogP contribution in [-0.4, -0.2) is 0 Å². The predicted octanol–water partition coefficient (Wildman–Crippen LogP) is 4.40. The summed E-state index contributed by atoms with van der Waals surface area (Å²) in [6.45, 7) is 13.9. The minimum atomic E-state index is 0. The number of benzene rings is 4. The zero-order valence-corrected chi connectivity index (χ0v) is 28.8. The fourth-order valence-corrected chi connectivity index (χ4v) is 5.42. The Hall–Kier alpha value is -2.31. The van der Waals surface area contributed by atoms with E-state index in [-0.39, 0.29) is 61.8 Å². The van der Waals surface area contributed by atoms with Gasteiger partial charge in [0.1, 0.15) is 0 Å². The monoisotopic (exact) mass is 654 g/mol. The minimum Gasteiger partial charge on any atom is -1.00 e. The van der Waals surface area contributed by atoms with Gasteiger partial charge in [0.15, 0.2) is 0 Å². The van der Waals surface area contributed by atoms with Crippen molar-refractivity contribution >= 4 is 0 Å². The Morgan fingerprint density at radius 1 is 0.585 bits per heavy atom. The van der Waals surface area contributed by atoms with E-state index in [1.54, 1.807) is 0 Å². The van der Waals surface area contributed by atoms with E-state index in [9.17, 15) is 0 Å². The van der Waals surface area contributed by atoms with Gasteiger partial charge < -0.3 is 24.8 Å². The van der Waals surface area contributed by atoms with E-state index in [1.165, 1.54) is 55.6 Å². The second-order valence-corrected chi connectivity index (χ2v) is 12.4. The number of halogens is 2. The molecular weight excluding hydrogens is 619 g/mol.